The minimum absolute atomic E-state index is 0.310. The van der Waals surface area contributed by atoms with Gasteiger partial charge in [-0.1, -0.05) is 27.7 Å². The summed E-state index contributed by atoms with van der Waals surface area (Å²) in [4.78, 5) is 0. The molecule has 0 unspecified atom stereocenters. The molecule has 0 radical (unpaired) electrons. The highest BCUT2D eigenvalue weighted by molar-refractivity contribution is 7.87. The number of ether oxygens (including phenoxy) is 4. The van der Waals surface area contributed by atoms with Crippen molar-refractivity contribution in [1.29, 1.82) is 0 Å². The van der Waals surface area contributed by atoms with Crippen molar-refractivity contribution in [2.45, 2.75) is 90.9 Å². The van der Waals surface area contributed by atoms with Gasteiger partial charge in [0.15, 0.2) is 24.9 Å². The SMILES string of the molecule is CCCN1[C@@H]2OC(C3O[C@H]4[C@H](O3)N(CCC)S(=O)(=O)N4CCC)O[C@H]2N(CCC)S1(=O)=O. The van der Waals surface area contributed by atoms with Crippen LogP contribution in [0, 0.1) is 0 Å². The molecular formula is C18H34N4O8S2. The summed E-state index contributed by atoms with van der Waals surface area (Å²) < 4.78 is 81.0. The molecule has 0 spiro atoms. The van der Waals surface area contributed by atoms with E-state index in [4.69, 9.17) is 18.9 Å². The minimum atomic E-state index is -3.68. The third-order valence-corrected chi connectivity index (χ3v) is 9.83. The van der Waals surface area contributed by atoms with Gasteiger partial charge in [0.2, 0.25) is 12.6 Å². The van der Waals surface area contributed by atoms with Gasteiger partial charge in [-0.2, -0.15) is 34.1 Å². The molecular weight excluding hydrogens is 464 g/mol. The van der Waals surface area contributed by atoms with E-state index in [1.807, 2.05) is 27.7 Å². The van der Waals surface area contributed by atoms with Gasteiger partial charge in [-0.3, -0.25) is 0 Å². The van der Waals surface area contributed by atoms with Gasteiger partial charge in [-0.05, 0) is 25.7 Å². The number of rotatable bonds is 9. The Morgan fingerprint density at radius 3 is 0.906 bits per heavy atom. The monoisotopic (exact) mass is 498 g/mol. The van der Waals surface area contributed by atoms with Crippen molar-refractivity contribution in [2.24, 2.45) is 0 Å². The number of hydrogen-bond donors (Lipinski definition) is 0. The van der Waals surface area contributed by atoms with E-state index in [9.17, 15) is 16.8 Å². The quantitative estimate of drug-likeness (QED) is 0.448. The van der Waals surface area contributed by atoms with Gasteiger partial charge in [0.05, 0.1) is 0 Å². The molecule has 0 saturated carbocycles. The van der Waals surface area contributed by atoms with Crippen molar-refractivity contribution < 1.29 is 35.8 Å². The maximum absolute atomic E-state index is 12.9. The molecule has 12 nitrogen and oxygen atoms in total. The van der Waals surface area contributed by atoms with Crippen molar-refractivity contribution in [3.05, 3.63) is 0 Å². The Balaban J connectivity index is 1.53. The van der Waals surface area contributed by atoms with E-state index in [1.54, 1.807) is 0 Å². The highest BCUT2D eigenvalue weighted by atomic mass is 32.2. The molecule has 4 aliphatic heterocycles. The predicted molar refractivity (Wildman–Crippen MR) is 113 cm³/mol. The van der Waals surface area contributed by atoms with Crippen LogP contribution in [-0.4, -0.2) is 97.7 Å². The van der Waals surface area contributed by atoms with E-state index < -0.39 is 57.9 Å². The van der Waals surface area contributed by atoms with E-state index in [0.717, 1.165) is 0 Å². The standard InChI is InChI=1S/C18H34N4O8S2/c1-5-9-19-13-14(20(10-6-2)31(19,23)24)28-17(27-13)18-29-15-16(30-18)22(12-8-4)32(25,26)21(15)11-7-3/h13-18H,5-12H2,1-4H3/t13-,14-,15+,16+. The molecule has 4 aliphatic rings. The zero-order chi connectivity index (χ0) is 23.3. The minimum Gasteiger partial charge on any atom is -0.324 e. The molecule has 0 N–H and O–H groups in total. The summed E-state index contributed by atoms with van der Waals surface area (Å²) in [5, 5.41) is 0. The zero-order valence-corrected chi connectivity index (χ0v) is 20.6. The van der Waals surface area contributed by atoms with Crippen molar-refractivity contribution in [3.63, 3.8) is 0 Å². The molecule has 0 aliphatic carbocycles. The van der Waals surface area contributed by atoms with Gasteiger partial charge >= 0.3 is 0 Å². The van der Waals surface area contributed by atoms with Crippen LogP contribution in [-0.2, 0) is 39.4 Å². The molecule has 14 heteroatoms. The lowest BCUT2D eigenvalue weighted by atomic mass is 10.4. The summed E-state index contributed by atoms with van der Waals surface area (Å²) in [5.74, 6) is 0. The Morgan fingerprint density at radius 2 is 0.719 bits per heavy atom. The number of fused-ring (bicyclic) bond motifs is 2. The fourth-order valence-electron chi connectivity index (χ4n) is 4.63. The van der Waals surface area contributed by atoms with Crippen LogP contribution in [0.3, 0.4) is 0 Å². The molecule has 4 fully saturated rings. The summed E-state index contributed by atoms with van der Waals surface area (Å²) in [6, 6.07) is 0. The summed E-state index contributed by atoms with van der Waals surface area (Å²) in [7, 11) is -7.36. The maximum Gasteiger partial charge on any atom is 0.286 e. The van der Waals surface area contributed by atoms with Crippen LogP contribution in [0.2, 0.25) is 0 Å². The molecule has 4 saturated heterocycles. The second-order valence-electron chi connectivity index (χ2n) is 8.30. The third-order valence-electron chi connectivity index (χ3n) is 5.90. The molecule has 0 aromatic rings. The fourth-order valence-corrected chi connectivity index (χ4v) is 8.48. The van der Waals surface area contributed by atoms with E-state index in [-0.39, 0.29) is 0 Å². The van der Waals surface area contributed by atoms with E-state index in [1.165, 1.54) is 17.2 Å². The molecule has 0 amide bonds. The largest absolute Gasteiger partial charge is 0.324 e. The first-order valence-electron chi connectivity index (χ1n) is 11.4. The van der Waals surface area contributed by atoms with Gasteiger partial charge in [0.1, 0.15) is 0 Å². The highest BCUT2D eigenvalue weighted by Crippen LogP contribution is 2.42. The van der Waals surface area contributed by atoms with Crippen molar-refractivity contribution in [2.75, 3.05) is 26.2 Å². The lowest BCUT2D eigenvalue weighted by Crippen LogP contribution is -2.43. The van der Waals surface area contributed by atoms with Gasteiger partial charge in [-0.15, -0.1) is 0 Å². The van der Waals surface area contributed by atoms with E-state index >= 15 is 0 Å². The smallest absolute Gasteiger partial charge is 0.286 e. The van der Waals surface area contributed by atoms with Crippen LogP contribution in [0.25, 0.3) is 0 Å². The summed E-state index contributed by atoms with van der Waals surface area (Å²) in [6.45, 7) is 8.83. The molecule has 0 bridgehead atoms. The zero-order valence-electron chi connectivity index (χ0n) is 19.0. The average Bonchev–Trinajstić information content (AvgIpc) is 3.43. The van der Waals surface area contributed by atoms with Crippen LogP contribution < -0.4 is 0 Å². The molecule has 0 aromatic heterocycles. The van der Waals surface area contributed by atoms with Crippen LogP contribution in [0.15, 0.2) is 0 Å². The maximum atomic E-state index is 12.9. The Labute approximate surface area is 190 Å². The normalized spacial score (nSPS) is 36.2. The van der Waals surface area contributed by atoms with Crippen LogP contribution in [0.5, 0.6) is 0 Å². The first kappa shape index (κ1) is 24.7. The third kappa shape index (κ3) is 3.82. The fraction of sp³-hybridized carbons (Fsp3) is 1.00. The summed E-state index contributed by atoms with van der Waals surface area (Å²) in [6.07, 6.45) is -2.62. The number of hydrogen-bond acceptors (Lipinski definition) is 8. The van der Waals surface area contributed by atoms with Gasteiger partial charge in [0.25, 0.3) is 20.4 Å². The topological polar surface area (TPSA) is 118 Å². The van der Waals surface area contributed by atoms with Gasteiger partial charge in [-0.25, -0.2) is 0 Å². The first-order valence-corrected chi connectivity index (χ1v) is 14.2. The molecule has 0 aromatic carbocycles. The average molecular weight is 499 g/mol. The Kier molecular flexibility index (Phi) is 7.19. The van der Waals surface area contributed by atoms with Crippen LogP contribution in [0.4, 0.5) is 0 Å². The Morgan fingerprint density at radius 1 is 0.500 bits per heavy atom. The van der Waals surface area contributed by atoms with Crippen LogP contribution in [0.1, 0.15) is 53.4 Å². The predicted octanol–water partition coefficient (Wildman–Crippen LogP) is 0.401. The van der Waals surface area contributed by atoms with Crippen molar-refractivity contribution in [3.8, 4) is 0 Å². The van der Waals surface area contributed by atoms with Gasteiger partial charge in [0, 0.05) is 26.2 Å². The molecule has 32 heavy (non-hydrogen) atoms. The molecule has 4 heterocycles. The highest BCUT2D eigenvalue weighted by Gasteiger charge is 2.63. The number of nitrogens with zero attached hydrogens (tertiary/aromatic N) is 4. The van der Waals surface area contributed by atoms with Crippen molar-refractivity contribution >= 4 is 20.4 Å². The Bertz CT molecular complexity index is 759. The molecule has 4 atom stereocenters. The molecule has 4 rings (SSSR count). The Hall–Kier alpha value is -0.420. The van der Waals surface area contributed by atoms with Gasteiger partial charge < -0.3 is 18.9 Å². The van der Waals surface area contributed by atoms with E-state index in [2.05, 4.69) is 0 Å². The van der Waals surface area contributed by atoms with Crippen molar-refractivity contribution in [1.82, 2.24) is 17.2 Å². The second kappa shape index (κ2) is 9.32. The second-order valence-corrected chi connectivity index (χ2v) is 12.0. The summed E-state index contributed by atoms with van der Waals surface area (Å²) in [5.41, 5.74) is 0. The lowest BCUT2D eigenvalue weighted by Gasteiger charge is -2.27. The summed E-state index contributed by atoms with van der Waals surface area (Å²) >= 11 is 0. The van der Waals surface area contributed by atoms with Crippen LogP contribution >= 0.6 is 0 Å². The molecule has 186 valence electrons. The van der Waals surface area contributed by atoms with E-state index in [0.29, 0.717) is 51.9 Å². The first-order chi connectivity index (χ1) is 15.2. The lowest BCUT2D eigenvalue weighted by molar-refractivity contribution is -0.237.